The molecule has 0 aliphatic rings. The molecule has 22 heavy (non-hydrogen) atoms. The number of anilines is 1. The van der Waals surface area contributed by atoms with E-state index < -0.39 is 0 Å². The molecule has 6 heteroatoms. The van der Waals surface area contributed by atoms with Crippen LogP contribution in [0.25, 0.3) is 22.0 Å². The molecule has 0 saturated carbocycles. The Bertz CT molecular complexity index is 918. The van der Waals surface area contributed by atoms with Crippen molar-refractivity contribution in [1.82, 2.24) is 9.97 Å². The molecule has 0 aliphatic heterocycles. The standard InChI is InChI=1S/C16H11ClN4O/c1-22-12-6-10(7-18)13(9-3-2-4-11(17)5-9)15-14(12)16(19)21-8-20-15/h2-6,8H,1H3,(H2,19,20,21). The van der Waals surface area contributed by atoms with Gasteiger partial charge < -0.3 is 10.5 Å². The minimum absolute atomic E-state index is 0.301. The maximum Gasteiger partial charge on any atom is 0.138 e. The Kier molecular flexibility index (Phi) is 3.53. The number of halogens is 1. The molecule has 0 bridgehead atoms. The summed E-state index contributed by atoms with van der Waals surface area (Å²) in [7, 11) is 1.52. The van der Waals surface area contributed by atoms with Crippen LogP contribution in [0.5, 0.6) is 5.75 Å². The van der Waals surface area contributed by atoms with Gasteiger partial charge in [-0.3, -0.25) is 0 Å². The number of ether oxygens (including phenoxy) is 1. The molecule has 5 nitrogen and oxygen atoms in total. The van der Waals surface area contributed by atoms with E-state index in [1.54, 1.807) is 18.2 Å². The molecule has 1 aromatic heterocycles. The molecule has 0 aliphatic carbocycles. The van der Waals surface area contributed by atoms with Crippen LogP contribution in [0.2, 0.25) is 5.02 Å². The zero-order chi connectivity index (χ0) is 15.7. The highest BCUT2D eigenvalue weighted by Crippen LogP contribution is 2.38. The Balaban J connectivity index is 2.49. The van der Waals surface area contributed by atoms with Gasteiger partial charge >= 0.3 is 0 Å². The Hall–Kier alpha value is -2.84. The molecule has 108 valence electrons. The van der Waals surface area contributed by atoms with Crippen LogP contribution in [-0.2, 0) is 0 Å². The molecular formula is C16H11ClN4O. The van der Waals surface area contributed by atoms with Gasteiger partial charge in [0, 0.05) is 10.6 Å². The fourth-order valence-corrected chi connectivity index (χ4v) is 2.61. The third kappa shape index (κ3) is 2.20. The van der Waals surface area contributed by atoms with Gasteiger partial charge in [-0.15, -0.1) is 0 Å². The zero-order valence-electron chi connectivity index (χ0n) is 11.7. The van der Waals surface area contributed by atoms with Crippen LogP contribution in [0, 0.1) is 11.3 Å². The van der Waals surface area contributed by atoms with E-state index in [1.807, 2.05) is 12.1 Å². The van der Waals surface area contributed by atoms with Crippen LogP contribution >= 0.6 is 11.6 Å². The molecule has 0 spiro atoms. The van der Waals surface area contributed by atoms with Crippen LogP contribution < -0.4 is 10.5 Å². The molecule has 2 aromatic carbocycles. The molecule has 1 heterocycles. The van der Waals surface area contributed by atoms with Gasteiger partial charge in [0.1, 0.15) is 17.9 Å². The SMILES string of the molecule is COc1cc(C#N)c(-c2cccc(Cl)c2)c2ncnc(N)c12. The number of fused-ring (bicyclic) bond motifs is 1. The van der Waals surface area contributed by atoms with Crippen molar-refractivity contribution >= 4 is 28.3 Å². The Labute approximate surface area is 131 Å². The molecule has 2 N–H and O–H groups in total. The number of aromatic nitrogens is 2. The van der Waals surface area contributed by atoms with Gasteiger partial charge in [-0.25, -0.2) is 9.97 Å². The van der Waals surface area contributed by atoms with Gasteiger partial charge in [0.15, 0.2) is 0 Å². The largest absolute Gasteiger partial charge is 0.496 e. The van der Waals surface area contributed by atoms with Crippen molar-refractivity contribution < 1.29 is 4.74 Å². The first-order valence-electron chi connectivity index (χ1n) is 6.43. The predicted octanol–water partition coefficient (Wildman–Crippen LogP) is 3.41. The molecular weight excluding hydrogens is 300 g/mol. The number of nitriles is 1. The number of nitrogen functional groups attached to an aromatic ring is 1. The summed E-state index contributed by atoms with van der Waals surface area (Å²) in [4.78, 5) is 8.30. The molecule has 0 atom stereocenters. The highest BCUT2D eigenvalue weighted by atomic mass is 35.5. The lowest BCUT2D eigenvalue weighted by molar-refractivity contribution is 0.419. The Morgan fingerprint density at radius 2 is 2.09 bits per heavy atom. The van der Waals surface area contributed by atoms with E-state index >= 15 is 0 Å². The summed E-state index contributed by atoms with van der Waals surface area (Å²) in [5, 5.41) is 10.6. The smallest absolute Gasteiger partial charge is 0.138 e. The second kappa shape index (κ2) is 5.51. The third-order valence-corrected chi connectivity index (χ3v) is 3.59. The van der Waals surface area contributed by atoms with E-state index in [9.17, 15) is 5.26 Å². The summed E-state index contributed by atoms with van der Waals surface area (Å²) < 4.78 is 5.33. The summed E-state index contributed by atoms with van der Waals surface area (Å²) in [5.74, 6) is 0.769. The Morgan fingerprint density at radius 3 is 2.77 bits per heavy atom. The van der Waals surface area contributed by atoms with Gasteiger partial charge in [0.2, 0.25) is 0 Å². The van der Waals surface area contributed by atoms with Crippen molar-refractivity contribution in [2.45, 2.75) is 0 Å². The third-order valence-electron chi connectivity index (χ3n) is 3.36. The van der Waals surface area contributed by atoms with Crippen molar-refractivity contribution in [2.24, 2.45) is 0 Å². The monoisotopic (exact) mass is 310 g/mol. The molecule has 0 unspecified atom stereocenters. The molecule has 0 amide bonds. The highest BCUT2D eigenvalue weighted by molar-refractivity contribution is 6.31. The second-order valence-electron chi connectivity index (χ2n) is 4.61. The van der Waals surface area contributed by atoms with Gasteiger partial charge in [-0.2, -0.15) is 5.26 Å². The first-order chi connectivity index (χ1) is 10.7. The van der Waals surface area contributed by atoms with Crippen molar-refractivity contribution in [3.63, 3.8) is 0 Å². The van der Waals surface area contributed by atoms with Gasteiger partial charge in [-0.05, 0) is 23.8 Å². The van der Waals surface area contributed by atoms with Crippen molar-refractivity contribution in [2.75, 3.05) is 12.8 Å². The van der Waals surface area contributed by atoms with Gasteiger partial charge in [0.05, 0.1) is 29.6 Å². The lowest BCUT2D eigenvalue weighted by atomic mass is 9.96. The van der Waals surface area contributed by atoms with Crippen LogP contribution in [0.4, 0.5) is 5.82 Å². The van der Waals surface area contributed by atoms with Gasteiger partial charge in [-0.1, -0.05) is 23.7 Å². The van der Waals surface area contributed by atoms with Crippen molar-refractivity contribution in [3.8, 4) is 22.9 Å². The Morgan fingerprint density at radius 1 is 1.27 bits per heavy atom. The van der Waals surface area contributed by atoms with E-state index in [1.165, 1.54) is 13.4 Å². The number of hydrogen-bond acceptors (Lipinski definition) is 5. The minimum atomic E-state index is 0.301. The maximum atomic E-state index is 9.48. The number of nitrogens with two attached hydrogens (primary N) is 1. The molecule has 3 aromatic rings. The number of benzene rings is 2. The van der Waals surface area contributed by atoms with E-state index in [-0.39, 0.29) is 0 Å². The van der Waals surface area contributed by atoms with Crippen molar-refractivity contribution in [1.29, 1.82) is 5.26 Å². The summed E-state index contributed by atoms with van der Waals surface area (Å²) in [6.45, 7) is 0. The second-order valence-corrected chi connectivity index (χ2v) is 5.04. The van der Waals surface area contributed by atoms with E-state index in [0.717, 1.165) is 5.56 Å². The van der Waals surface area contributed by atoms with Crippen LogP contribution in [-0.4, -0.2) is 17.1 Å². The quantitative estimate of drug-likeness (QED) is 0.784. The topological polar surface area (TPSA) is 84.8 Å². The molecule has 0 radical (unpaired) electrons. The highest BCUT2D eigenvalue weighted by Gasteiger charge is 2.18. The first kappa shape index (κ1) is 14.1. The lowest BCUT2D eigenvalue weighted by Gasteiger charge is -2.13. The van der Waals surface area contributed by atoms with E-state index in [0.29, 0.717) is 38.6 Å². The number of hydrogen-bond donors (Lipinski definition) is 1. The summed E-state index contributed by atoms with van der Waals surface area (Å²) in [6.07, 6.45) is 1.37. The summed E-state index contributed by atoms with van der Waals surface area (Å²) >= 11 is 6.07. The zero-order valence-corrected chi connectivity index (χ0v) is 12.4. The molecule has 0 fully saturated rings. The fourth-order valence-electron chi connectivity index (χ4n) is 2.42. The number of nitrogens with zero attached hydrogens (tertiary/aromatic N) is 3. The van der Waals surface area contributed by atoms with Crippen molar-refractivity contribution in [3.05, 3.63) is 47.2 Å². The average molecular weight is 311 g/mol. The minimum Gasteiger partial charge on any atom is -0.496 e. The van der Waals surface area contributed by atoms with Crippen LogP contribution in [0.1, 0.15) is 5.56 Å². The predicted molar refractivity (Wildman–Crippen MR) is 85.7 cm³/mol. The maximum absolute atomic E-state index is 9.48. The first-order valence-corrected chi connectivity index (χ1v) is 6.80. The van der Waals surface area contributed by atoms with Gasteiger partial charge in [0.25, 0.3) is 0 Å². The average Bonchev–Trinajstić information content (AvgIpc) is 2.53. The molecule has 0 saturated heterocycles. The number of rotatable bonds is 2. The molecule has 3 rings (SSSR count). The van der Waals surface area contributed by atoms with E-state index in [4.69, 9.17) is 22.1 Å². The van der Waals surface area contributed by atoms with Crippen LogP contribution in [0.3, 0.4) is 0 Å². The summed E-state index contributed by atoms with van der Waals surface area (Å²) in [5.41, 5.74) is 8.41. The van der Waals surface area contributed by atoms with Crippen LogP contribution in [0.15, 0.2) is 36.7 Å². The number of methoxy groups -OCH3 is 1. The fraction of sp³-hybridized carbons (Fsp3) is 0.0625. The lowest BCUT2D eigenvalue weighted by Crippen LogP contribution is -1.99. The normalized spacial score (nSPS) is 10.4. The summed E-state index contributed by atoms with van der Waals surface area (Å²) in [6, 6.07) is 11.0. The van der Waals surface area contributed by atoms with E-state index in [2.05, 4.69) is 16.0 Å².